The Hall–Kier alpha value is -3.00. The van der Waals surface area contributed by atoms with Crippen molar-refractivity contribution in [2.45, 2.75) is 25.3 Å². The normalized spacial score (nSPS) is 17.1. The molecule has 0 bridgehead atoms. The van der Waals surface area contributed by atoms with E-state index in [1.807, 2.05) is 29.2 Å². The van der Waals surface area contributed by atoms with E-state index in [2.05, 4.69) is 11.1 Å². The standard InChI is InChI=1S/C20H19F2N4O2/c21-20(22)5-8-25(9-6-20)12-13-3-4-16-14(10-13)11-17(24-16)15-2-1-7-26(18(15)27)19(23)28/h2-4,7,10-11,24H,5-6,8-9,12H2,(H2,23,28). The average Bonchev–Trinajstić information content (AvgIpc) is 3.06. The highest BCUT2D eigenvalue weighted by atomic mass is 19.3. The fraction of sp³-hybridized carbons (Fsp3) is 0.300. The van der Waals surface area contributed by atoms with Crippen LogP contribution in [-0.4, -0.2) is 39.5 Å². The molecular weight excluding hydrogens is 366 g/mol. The SMILES string of the molecule is NC(=O)n1c[c]cc(-c2cc3cc(CN4CCC(F)(F)CC4)ccc3[nH]2)c1=O. The molecule has 2 aromatic heterocycles. The van der Waals surface area contributed by atoms with E-state index in [4.69, 9.17) is 5.73 Å². The third-order valence-electron chi connectivity index (χ3n) is 5.09. The van der Waals surface area contributed by atoms with E-state index in [1.54, 1.807) is 0 Å². The molecule has 0 unspecified atom stereocenters. The van der Waals surface area contributed by atoms with Crippen LogP contribution in [0.2, 0.25) is 0 Å². The molecule has 28 heavy (non-hydrogen) atoms. The van der Waals surface area contributed by atoms with Gasteiger partial charge in [0.05, 0.1) is 11.3 Å². The first kappa shape index (κ1) is 18.4. The molecule has 1 aliphatic heterocycles. The molecule has 6 nitrogen and oxygen atoms in total. The zero-order valence-corrected chi connectivity index (χ0v) is 15.0. The Labute approximate surface area is 159 Å². The Balaban J connectivity index is 1.60. The van der Waals surface area contributed by atoms with Crippen molar-refractivity contribution < 1.29 is 13.6 Å². The molecule has 0 saturated carbocycles. The highest BCUT2D eigenvalue weighted by Crippen LogP contribution is 2.29. The summed E-state index contributed by atoms with van der Waals surface area (Å²) in [6, 6.07) is 11.0. The molecular formula is C20H19F2N4O2. The van der Waals surface area contributed by atoms with Crippen molar-refractivity contribution in [1.29, 1.82) is 0 Å². The topological polar surface area (TPSA) is 84.1 Å². The van der Waals surface area contributed by atoms with Crippen molar-refractivity contribution in [2.75, 3.05) is 13.1 Å². The van der Waals surface area contributed by atoms with Gasteiger partial charge in [0.25, 0.3) is 11.5 Å². The van der Waals surface area contributed by atoms with Gasteiger partial charge >= 0.3 is 6.03 Å². The number of alkyl halides is 2. The van der Waals surface area contributed by atoms with Crippen LogP contribution in [0.3, 0.4) is 0 Å². The molecule has 1 amide bonds. The highest BCUT2D eigenvalue weighted by molar-refractivity contribution is 5.86. The first-order valence-electron chi connectivity index (χ1n) is 8.97. The fourth-order valence-corrected chi connectivity index (χ4v) is 3.52. The van der Waals surface area contributed by atoms with Gasteiger partial charge < -0.3 is 10.7 Å². The molecule has 0 spiro atoms. The maximum absolute atomic E-state index is 13.3. The van der Waals surface area contributed by atoms with E-state index in [9.17, 15) is 18.4 Å². The van der Waals surface area contributed by atoms with Gasteiger partial charge in [-0.2, -0.15) is 0 Å². The van der Waals surface area contributed by atoms with Crippen LogP contribution in [0.15, 0.2) is 41.3 Å². The second kappa shape index (κ2) is 6.87. The van der Waals surface area contributed by atoms with Crippen LogP contribution in [-0.2, 0) is 6.54 Å². The molecule has 3 N–H and O–H groups in total. The van der Waals surface area contributed by atoms with Crippen LogP contribution in [0.4, 0.5) is 13.6 Å². The molecule has 4 rings (SSSR count). The number of carbonyl (C=O) groups is 1. The summed E-state index contributed by atoms with van der Waals surface area (Å²) in [4.78, 5) is 29.0. The molecule has 1 saturated heterocycles. The molecule has 145 valence electrons. The van der Waals surface area contributed by atoms with E-state index in [0.717, 1.165) is 21.0 Å². The zero-order chi connectivity index (χ0) is 19.9. The minimum atomic E-state index is -2.56. The molecule has 1 fully saturated rings. The summed E-state index contributed by atoms with van der Waals surface area (Å²) in [5.74, 6) is -2.56. The smallest absolute Gasteiger partial charge is 0.325 e. The predicted octanol–water partition coefficient (Wildman–Crippen LogP) is 2.95. The quantitative estimate of drug-likeness (QED) is 0.727. The number of benzene rings is 1. The van der Waals surface area contributed by atoms with E-state index in [-0.39, 0.29) is 18.4 Å². The molecule has 1 radical (unpaired) electrons. The van der Waals surface area contributed by atoms with Gasteiger partial charge in [-0.05, 0) is 29.8 Å². The van der Waals surface area contributed by atoms with Gasteiger partial charge in [-0.15, -0.1) is 0 Å². The van der Waals surface area contributed by atoms with Crippen molar-refractivity contribution in [1.82, 2.24) is 14.5 Å². The Kier molecular flexibility index (Phi) is 4.50. The number of pyridine rings is 1. The van der Waals surface area contributed by atoms with Gasteiger partial charge in [0.15, 0.2) is 0 Å². The number of H-pyrrole nitrogens is 1. The summed E-state index contributed by atoms with van der Waals surface area (Å²) in [6.07, 6.45) is 0.984. The van der Waals surface area contributed by atoms with E-state index in [1.165, 1.54) is 12.3 Å². The lowest BCUT2D eigenvalue weighted by molar-refractivity contribution is -0.0566. The number of amides is 1. The molecule has 1 aliphatic rings. The number of nitrogens with one attached hydrogen (secondary N) is 1. The van der Waals surface area contributed by atoms with Crippen molar-refractivity contribution in [2.24, 2.45) is 5.73 Å². The Bertz CT molecular complexity index is 1090. The van der Waals surface area contributed by atoms with Crippen LogP contribution < -0.4 is 11.3 Å². The number of halogens is 2. The summed E-state index contributed by atoms with van der Waals surface area (Å²) in [5, 5.41) is 0.892. The Morgan fingerprint density at radius 1 is 1.25 bits per heavy atom. The summed E-state index contributed by atoms with van der Waals surface area (Å²) < 4.78 is 27.4. The van der Waals surface area contributed by atoms with Crippen molar-refractivity contribution in [3.63, 3.8) is 0 Å². The summed E-state index contributed by atoms with van der Waals surface area (Å²) >= 11 is 0. The third kappa shape index (κ3) is 3.55. The number of aromatic amines is 1. The number of nitrogens with zero attached hydrogens (tertiary/aromatic N) is 2. The summed E-state index contributed by atoms with van der Waals surface area (Å²) in [5.41, 5.74) is 7.37. The average molecular weight is 385 g/mol. The lowest BCUT2D eigenvalue weighted by Gasteiger charge is -2.31. The van der Waals surface area contributed by atoms with E-state index in [0.29, 0.717) is 25.3 Å². The van der Waals surface area contributed by atoms with Gasteiger partial charge in [0.1, 0.15) is 0 Å². The number of likely N-dealkylation sites (tertiary alicyclic amines) is 1. The summed E-state index contributed by atoms with van der Waals surface area (Å²) in [6.45, 7) is 1.34. The second-order valence-corrected chi connectivity index (χ2v) is 7.10. The number of nitrogens with two attached hydrogens (primary N) is 1. The Morgan fingerprint density at radius 3 is 2.71 bits per heavy atom. The van der Waals surface area contributed by atoms with Gasteiger partial charge in [0, 0.05) is 55.6 Å². The minimum Gasteiger partial charge on any atom is -0.354 e. The Morgan fingerprint density at radius 2 is 2.00 bits per heavy atom. The van der Waals surface area contributed by atoms with Gasteiger partial charge in [-0.1, -0.05) is 6.07 Å². The number of primary amides is 1. The maximum Gasteiger partial charge on any atom is 0.325 e. The van der Waals surface area contributed by atoms with Gasteiger partial charge in [-0.3, -0.25) is 9.69 Å². The number of aromatic nitrogens is 2. The van der Waals surface area contributed by atoms with Crippen LogP contribution >= 0.6 is 0 Å². The molecule has 0 atom stereocenters. The first-order chi connectivity index (χ1) is 13.3. The van der Waals surface area contributed by atoms with Crippen molar-refractivity contribution in [3.05, 3.63) is 58.5 Å². The second-order valence-electron chi connectivity index (χ2n) is 7.10. The van der Waals surface area contributed by atoms with Crippen LogP contribution in [0, 0.1) is 6.07 Å². The van der Waals surface area contributed by atoms with Crippen molar-refractivity contribution in [3.8, 4) is 11.3 Å². The maximum atomic E-state index is 13.3. The van der Waals surface area contributed by atoms with E-state index >= 15 is 0 Å². The number of fused-ring (bicyclic) bond motifs is 1. The molecule has 3 aromatic rings. The summed E-state index contributed by atoms with van der Waals surface area (Å²) in [7, 11) is 0. The first-order valence-corrected chi connectivity index (χ1v) is 8.97. The number of rotatable bonds is 3. The van der Waals surface area contributed by atoms with E-state index < -0.39 is 17.5 Å². The number of hydrogen-bond donors (Lipinski definition) is 2. The highest BCUT2D eigenvalue weighted by Gasteiger charge is 2.33. The minimum absolute atomic E-state index is 0.111. The van der Waals surface area contributed by atoms with Crippen LogP contribution in [0.5, 0.6) is 0 Å². The third-order valence-corrected chi connectivity index (χ3v) is 5.09. The fourth-order valence-electron chi connectivity index (χ4n) is 3.52. The monoisotopic (exact) mass is 385 g/mol. The molecule has 0 aliphatic carbocycles. The van der Waals surface area contributed by atoms with Crippen LogP contribution in [0.1, 0.15) is 18.4 Å². The molecule has 8 heteroatoms. The van der Waals surface area contributed by atoms with Crippen molar-refractivity contribution >= 4 is 16.9 Å². The number of carbonyl (C=O) groups excluding carboxylic acids is 1. The zero-order valence-electron chi connectivity index (χ0n) is 15.0. The van der Waals surface area contributed by atoms with Gasteiger partial charge in [0.2, 0.25) is 0 Å². The van der Waals surface area contributed by atoms with Gasteiger partial charge in [-0.25, -0.2) is 18.1 Å². The largest absolute Gasteiger partial charge is 0.354 e. The number of hydrogen-bond acceptors (Lipinski definition) is 3. The number of piperidine rings is 1. The lowest BCUT2D eigenvalue weighted by atomic mass is 10.1. The molecule has 3 heterocycles. The predicted molar refractivity (Wildman–Crippen MR) is 101 cm³/mol. The lowest BCUT2D eigenvalue weighted by Crippen LogP contribution is -2.38. The molecule has 1 aromatic carbocycles. The van der Waals surface area contributed by atoms with Crippen LogP contribution in [0.25, 0.3) is 22.2 Å².